The molecule has 25 heavy (non-hydrogen) atoms. The van der Waals surface area contributed by atoms with E-state index in [1.54, 1.807) is 24.3 Å². The van der Waals surface area contributed by atoms with Gasteiger partial charge in [0.1, 0.15) is 0 Å². The van der Waals surface area contributed by atoms with Crippen LogP contribution in [0.5, 0.6) is 0 Å². The van der Waals surface area contributed by atoms with Crippen LogP contribution >= 0.6 is 23.6 Å². The van der Waals surface area contributed by atoms with Gasteiger partial charge in [-0.15, -0.1) is 11.3 Å². The maximum atomic E-state index is 12.1. The first-order valence-electron chi connectivity index (χ1n) is 7.27. The zero-order valence-electron chi connectivity index (χ0n) is 13.1. The molecule has 0 spiro atoms. The molecule has 3 N–H and O–H groups in total. The number of rotatable bonds is 5. The number of carbonyl (C=O) groups is 2. The van der Waals surface area contributed by atoms with E-state index in [2.05, 4.69) is 25.9 Å². The number of aromatic amines is 1. The molecule has 0 atom stereocenters. The van der Waals surface area contributed by atoms with Gasteiger partial charge in [-0.25, -0.2) is 9.66 Å². The lowest BCUT2D eigenvalue weighted by molar-refractivity contribution is -0.115. The van der Waals surface area contributed by atoms with Crippen molar-refractivity contribution in [2.75, 3.05) is 10.7 Å². The zero-order chi connectivity index (χ0) is 17.8. The van der Waals surface area contributed by atoms with Crippen molar-refractivity contribution in [3.8, 4) is 0 Å². The van der Waals surface area contributed by atoms with Crippen molar-refractivity contribution in [2.45, 2.75) is 13.3 Å². The number of benzene rings is 1. The SMILES string of the molecule is CC(=O)Nn1c(Cc2csc(NC(=O)c3ccccc3)n2)n[nH]c1=S. The van der Waals surface area contributed by atoms with Crippen LogP contribution in [0, 0.1) is 4.77 Å². The molecular weight excluding hydrogens is 360 g/mol. The van der Waals surface area contributed by atoms with Gasteiger partial charge in [0.2, 0.25) is 10.7 Å². The van der Waals surface area contributed by atoms with Gasteiger partial charge in [0.15, 0.2) is 11.0 Å². The highest BCUT2D eigenvalue weighted by atomic mass is 32.1. The van der Waals surface area contributed by atoms with Gasteiger partial charge in [0, 0.05) is 17.9 Å². The first-order valence-corrected chi connectivity index (χ1v) is 8.56. The molecule has 0 aliphatic heterocycles. The number of carbonyl (C=O) groups excluding carboxylic acids is 2. The van der Waals surface area contributed by atoms with Crippen LogP contribution < -0.4 is 10.7 Å². The predicted molar refractivity (Wildman–Crippen MR) is 96.8 cm³/mol. The number of aromatic nitrogens is 4. The molecule has 8 nitrogen and oxygen atoms in total. The van der Waals surface area contributed by atoms with Crippen LogP contribution in [0.4, 0.5) is 5.13 Å². The fraction of sp³-hybridized carbons (Fsp3) is 0.133. The van der Waals surface area contributed by atoms with Gasteiger partial charge in [-0.2, -0.15) is 5.10 Å². The largest absolute Gasteiger partial charge is 0.298 e. The molecule has 2 aromatic heterocycles. The monoisotopic (exact) mass is 374 g/mol. The van der Waals surface area contributed by atoms with Gasteiger partial charge in [0.25, 0.3) is 5.91 Å². The van der Waals surface area contributed by atoms with Crippen molar-refractivity contribution in [3.63, 3.8) is 0 Å². The van der Waals surface area contributed by atoms with E-state index in [9.17, 15) is 9.59 Å². The summed E-state index contributed by atoms with van der Waals surface area (Å²) in [5, 5.41) is 11.8. The van der Waals surface area contributed by atoms with Crippen LogP contribution in [-0.2, 0) is 11.2 Å². The number of hydrogen-bond acceptors (Lipinski definition) is 6. The molecule has 0 unspecified atom stereocenters. The van der Waals surface area contributed by atoms with Crippen LogP contribution in [0.1, 0.15) is 28.8 Å². The first-order chi connectivity index (χ1) is 12.0. The number of hydrogen-bond donors (Lipinski definition) is 3. The van der Waals surface area contributed by atoms with E-state index in [-0.39, 0.29) is 16.6 Å². The third-order valence-electron chi connectivity index (χ3n) is 3.16. The van der Waals surface area contributed by atoms with E-state index >= 15 is 0 Å². The molecule has 0 radical (unpaired) electrons. The van der Waals surface area contributed by atoms with Gasteiger partial charge >= 0.3 is 0 Å². The van der Waals surface area contributed by atoms with E-state index in [0.717, 1.165) is 0 Å². The summed E-state index contributed by atoms with van der Waals surface area (Å²) in [6.45, 7) is 1.39. The van der Waals surface area contributed by atoms with Crippen LogP contribution in [0.15, 0.2) is 35.7 Å². The van der Waals surface area contributed by atoms with Gasteiger partial charge in [-0.3, -0.25) is 25.4 Å². The molecule has 0 saturated carbocycles. The van der Waals surface area contributed by atoms with Gasteiger partial charge in [-0.05, 0) is 24.4 Å². The summed E-state index contributed by atoms with van der Waals surface area (Å²) >= 11 is 6.39. The van der Waals surface area contributed by atoms with Crippen LogP contribution in [0.3, 0.4) is 0 Å². The Labute approximate surface area is 151 Å². The average molecular weight is 374 g/mol. The fourth-order valence-electron chi connectivity index (χ4n) is 2.09. The van der Waals surface area contributed by atoms with E-state index < -0.39 is 0 Å². The summed E-state index contributed by atoms with van der Waals surface area (Å²) in [7, 11) is 0. The van der Waals surface area contributed by atoms with Crippen LogP contribution in [-0.4, -0.2) is 31.7 Å². The Morgan fingerprint density at radius 3 is 2.80 bits per heavy atom. The number of nitrogens with one attached hydrogen (secondary N) is 3. The minimum Gasteiger partial charge on any atom is -0.298 e. The quantitative estimate of drug-likeness (QED) is 0.595. The van der Waals surface area contributed by atoms with Crippen molar-refractivity contribution < 1.29 is 9.59 Å². The van der Waals surface area contributed by atoms with Crippen molar-refractivity contribution in [3.05, 3.63) is 57.6 Å². The molecule has 0 aliphatic carbocycles. The summed E-state index contributed by atoms with van der Waals surface area (Å²) in [6, 6.07) is 8.91. The smallest absolute Gasteiger partial charge is 0.257 e. The molecule has 1 aromatic carbocycles. The van der Waals surface area contributed by atoms with Crippen molar-refractivity contribution in [2.24, 2.45) is 0 Å². The second kappa shape index (κ2) is 7.36. The van der Waals surface area contributed by atoms with Crippen molar-refractivity contribution in [1.29, 1.82) is 0 Å². The third kappa shape index (κ3) is 4.17. The Morgan fingerprint density at radius 2 is 2.08 bits per heavy atom. The second-order valence-corrected chi connectivity index (χ2v) is 6.33. The molecule has 0 saturated heterocycles. The summed E-state index contributed by atoms with van der Waals surface area (Å²) in [4.78, 5) is 27.8. The minimum atomic E-state index is -0.257. The lowest BCUT2D eigenvalue weighted by Crippen LogP contribution is -2.22. The number of H-pyrrole nitrogens is 1. The van der Waals surface area contributed by atoms with Crippen molar-refractivity contribution in [1.82, 2.24) is 19.9 Å². The molecule has 0 aliphatic rings. The Balaban J connectivity index is 1.71. The lowest BCUT2D eigenvalue weighted by Gasteiger charge is -2.05. The standard InChI is InChI=1S/C15H14N6O2S2/c1-9(22)20-21-12(18-19-15(21)24)7-11-8-25-14(16-11)17-13(23)10-5-3-2-4-6-10/h2-6,8H,7H2,1H3,(H,19,24)(H,20,22)(H,16,17,23). The Kier molecular flexibility index (Phi) is 5.00. The summed E-state index contributed by atoms with van der Waals surface area (Å²) in [5.41, 5.74) is 3.85. The van der Waals surface area contributed by atoms with Crippen LogP contribution in [0.2, 0.25) is 0 Å². The molecule has 128 valence electrons. The maximum Gasteiger partial charge on any atom is 0.257 e. The summed E-state index contributed by atoms with van der Waals surface area (Å²) in [6.07, 6.45) is 0.352. The van der Waals surface area contributed by atoms with Gasteiger partial charge < -0.3 is 0 Å². The van der Waals surface area contributed by atoms with Crippen molar-refractivity contribution >= 4 is 40.5 Å². The highest BCUT2D eigenvalue weighted by Crippen LogP contribution is 2.18. The molecule has 10 heteroatoms. The molecule has 3 aromatic rings. The highest BCUT2D eigenvalue weighted by Gasteiger charge is 2.12. The van der Waals surface area contributed by atoms with E-state index in [1.165, 1.54) is 22.9 Å². The molecule has 2 heterocycles. The van der Waals surface area contributed by atoms with Crippen LogP contribution in [0.25, 0.3) is 0 Å². The minimum absolute atomic E-state index is 0.220. The van der Waals surface area contributed by atoms with Gasteiger partial charge in [0.05, 0.1) is 12.1 Å². The fourth-order valence-corrected chi connectivity index (χ4v) is 2.99. The van der Waals surface area contributed by atoms with E-state index in [1.807, 2.05) is 11.4 Å². The number of anilines is 1. The molecule has 3 rings (SSSR count). The lowest BCUT2D eigenvalue weighted by atomic mass is 10.2. The highest BCUT2D eigenvalue weighted by molar-refractivity contribution is 7.71. The van der Waals surface area contributed by atoms with E-state index in [4.69, 9.17) is 12.2 Å². The molecule has 0 fully saturated rings. The third-order valence-corrected chi connectivity index (χ3v) is 4.24. The number of amides is 2. The average Bonchev–Trinajstić information content (AvgIpc) is 3.17. The maximum absolute atomic E-state index is 12.1. The molecule has 2 amide bonds. The Hall–Kier alpha value is -2.85. The number of nitrogens with zero attached hydrogens (tertiary/aromatic N) is 3. The molecular formula is C15H14N6O2S2. The summed E-state index contributed by atoms with van der Waals surface area (Å²) in [5.74, 6) is 0.0432. The topological polar surface area (TPSA) is 105 Å². The van der Waals surface area contributed by atoms with E-state index in [0.29, 0.717) is 28.6 Å². The second-order valence-electron chi connectivity index (χ2n) is 5.09. The summed E-state index contributed by atoms with van der Waals surface area (Å²) < 4.78 is 1.69. The first kappa shape index (κ1) is 17.0. The molecule has 0 bridgehead atoms. The number of thiazole rings is 1. The normalized spacial score (nSPS) is 10.4. The predicted octanol–water partition coefficient (Wildman–Crippen LogP) is 2.33. The Bertz CT molecular complexity index is 960. The Morgan fingerprint density at radius 1 is 1.32 bits per heavy atom. The van der Waals surface area contributed by atoms with Gasteiger partial charge in [-0.1, -0.05) is 18.2 Å². The zero-order valence-corrected chi connectivity index (χ0v) is 14.8.